The molecule has 0 aliphatic carbocycles. The Morgan fingerprint density at radius 3 is 2.39 bits per heavy atom. The minimum atomic E-state index is -0.194. The van der Waals surface area contributed by atoms with Gasteiger partial charge in [0.2, 0.25) is 0 Å². The van der Waals surface area contributed by atoms with Gasteiger partial charge in [0, 0.05) is 13.1 Å². The fourth-order valence-electron chi connectivity index (χ4n) is 3.44. The number of halogens is 1. The third kappa shape index (κ3) is 5.20. The lowest BCUT2D eigenvalue weighted by Crippen LogP contribution is -2.31. The van der Waals surface area contributed by atoms with E-state index in [4.69, 9.17) is 16.3 Å². The molecular formula is C23H29ClN2O2. The van der Waals surface area contributed by atoms with Gasteiger partial charge in [-0.25, -0.2) is 0 Å². The Morgan fingerprint density at radius 2 is 1.75 bits per heavy atom. The highest BCUT2D eigenvalue weighted by atomic mass is 35.5. The predicted octanol–water partition coefficient (Wildman–Crippen LogP) is 5.65. The lowest BCUT2D eigenvalue weighted by atomic mass is 9.87. The van der Waals surface area contributed by atoms with Gasteiger partial charge in [-0.15, -0.1) is 0 Å². The first kappa shape index (κ1) is 20.5. The molecule has 2 aromatic rings. The van der Waals surface area contributed by atoms with Crippen molar-refractivity contribution in [2.45, 2.75) is 45.4 Å². The van der Waals surface area contributed by atoms with Crippen LogP contribution in [0, 0.1) is 0 Å². The summed E-state index contributed by atoms with van der Waals surface area (Å²) in [7, 11) is 0. The smallest absolute Gasteiger partial charge is 0.262 e. The molecule has 0 saturated carbocycles. The molecule has 0 bridgehead atoms. The SMILES string of the molecule is CC(C)(C)c1ccc(OCC(=O)Nc2cccc(Cl)c2N2CCCCC2)cc1. The molecule has 2 aromatic carbocycles. The van der Waals surface area contributed by atoms with Crippen molar-refractivity contribution in [3.05, 3.63) is 53.1 Å². The summed E-state index contributed by atoms with van der Waals surface area (Å²) in [5.74, 6) is 0.492. The normalized spacial score (nSPS) is 14.6. The van der Waals surface area contributed by atoms with Crippen molar-refractivity contribution in [1.29, 1.82) is 0 Å². The maximum absolute atomic E-state index is 12.5. The number of hydrogen-bond acceptors (Lipinski definition) is 3. The molecule has 1 N–H and O–H groups in total. The van der Waals surface area contributed by atoms with E-state index in [2.05, 4.69) is 31.0 Å². The number of amides is 1. The van der Waals surface area contributed by atoms with Gasteiger partial charge in [-0.3, -0.25) is 4.79 Å². The van der Waals surface area contributed by atoms with E-state index in [1.54, 1.807) is 0 Å². The second kappa shape index (κ2) is 8.87. The molecule has 0 spiro atoms. The number of rotatable bonds is 5. The van der Waals surface area contributed by atoms with E-state index in [-0.39, 0.29) is 17.9 Å². The molecule has 0 aromatic heterocycles. The largest absolute Gasteiger partial charge is 0.484 e. The number of benzene rings is 2. The number of carbonyl (C=O) groups is 1. The van der Waals surface area contributed by atoms with Crippen LogP contribution in [0.5, 0.6) is 5.75 Å². The van der Waals surface area contributed by atoms with Crippen molar-refractivity contribution < 1.29 is 9.53 Å². The molecule has 4 nitrogen and oxygen atoms in total. The van der Waals surface area contributed by atoms with Gasteiger partial charge >= 0.3 is 0 Å². The Kier molecular flexibility index (Phi) is 6.50. The highest BCUT2D eigenvalue weighted by Crippen LogP contribution is 2.35. The number of piperidine rings is 1. The van der Waals surface area contributed by atoms with Crippen LogP contribution in [0.4, 0.5) is 11.4 Å². The van der Waals surface area contributed by atoms with Gasteiger partial charge in [0.15, 0.2) is 6.61 Å². The summed E-state index contributed by atoms with van der Waals surface area (Å²) in [6, 6.07) is 13.5. The van der Waals surface area contributed by atoms with Crippen molar-refractivity contribution in [3.63, 3.8) is 0 Å². The average Bonchev–Trinajstić information content (AvgIpc) is 2.67. The van der Waals surface area contributed by atoms with Gasteiger partial charge in [0.05, 0.1) is 16.4 Å². The van der Waals surface area contributed by atoms with Gasteiger partial charge < -0.3 is 15.0 Å². The molecule has 0 radical (unpaired) electrons. The highest BCUT2D eigenvalue weighted by Gasteiger charge is 2.19. The zero-order valence-electron chi connectivity index (χ0n) is 16.9. The number of carbonyl (C=O) groups excluding carboxylic acids is 1. The van der Waals surface area contributed by atoms with Gasteiger partial charge in [-0.1, -0.05) is 50.6 Å². The molecule has 1 saturated heterocycles. The standard InChI is InChI=1S/C23H29ClN2O2/c1-23(2,3)17-10-12-18(13-11-17)28-16-21(27)25-20-9-7-8-19(24)22(20)26-14-5-4-6-15-26/h7-13H,4-6,14-16H2,1-3H3,(H,25,27). The topological polar surface area (TPSA) is 41.6 Å². The van der Waals surface area contributed by atoms with Crippen molar-refractivity contribution >= 4 is 28.9 Å². The predicted molar refractivity (Wildman–Crippen MR) is 117 cm³/mol. The number of para-hydroxylation sites is 1. The van der Waals surface area contributed by atoms with E-state index in [9.17, 15) is 4.79 Å². The summed E-state index contributed by atoms with van der Waals surface area (Å²) in [6.45, 7) is 8.39. The quantitative estimate of drug-likeness (QED) is 0.705. The van der Waals surface area contributed by atoms with E-state index >= 15 is 0 Å². The lowest BCUT2D eigenvalue weighted by molar-refractivity contribution is -0.118. The lowest BCUT2D eigenvalue weighted by Gasteiger charge is -2.31. The van der Waals surface area contributed by atoms with Gasteiger partial charge in [-0.2, -0.15) is 0 Å². The second-order valence-electron chi connectivity index (χ2n) is 8.29. The number of nitrogens with zero attached hydrogens (tertiary/aromatic N) is 1. The molecule has 1 aliphatic heterocycles. The van der Waals surface area contributed by atoms with Crippen molar-refractivity contribution in [2.24, 2.45) is 0 Å². The fraction of sp³-hybridized carbons (Fsp3) is 0.435. The van der Waals surface area contributed by atoms with Crippen LogP contribution in [0.2, 0.25) is 5.02 Å². The Labute approximate surface area is 172 Å². The third-order valence-electron chi connectivity index (χ3n) is 5.02. The van der Waals surface area contributed by atoms with Crippen LogP contribution >= 0.6 is 11.6 Å². The molecule has 5 heteroatoms. The summed E-state index contributed by atoms with van der Waals surface area (Å²) < 4.78 is 5.66. The van der Waals surface area contributed by atoms with Crippen LogP contribution in [-0.4, -0.2) is 25.6 Å². The highest BCUT2D eigenvalue weighted by molar-refractivity contribution is 6.34. The first-order valence-corrected chi connectivity index (χ1v) is 10.3. The van der Waals surface area contributed by atoms with Crippen LogP contribution in [-0.2, 0) is 10.2 Å². The van der Waals surface area contributed by atoms with E-state index in [1.165, 1.54) is 12.0 Å². The van der Waals surface area contributed by atoms with Crippen LogP contribution in [0.15, 0.2) is 42.5 Å². The molecule has 1 heterocycles. The molecule has 1 aliphatic rings. The maximum atomic E-state index is 12.5. The zero-order chi connectivity index (χ0) is 20.1. The molecule has 0 unspecified atom stereocenters. The van der Waals surface area contributed by atoms with Crippen LogP contribution in [0.25, 0.3) is 0 Å². The molecular weight excluding hydrogens is 372 g/mol. The minimum absolute atomic E-state index is 0.0409. The summed E-state index contributed by atoms with van der Waals surface area (Å²) in [5, 5.41) is 3.63. The molecule has 1 amide bonds. The van der Waals surface area contributed by atoms with Crippen molar-refractivity contribution in [3.8, 4) is 5.75 Å². The summed E-state index contributed by atoms with van der Waals surface area (Å²) >= 11 is 6.45. The summed E-state index contributed by atoms with van der Waals surface area (Å²) in [4.78, 5) is 14.7. The third-order valence-corrected chi connectivity index (χ3v) is 5.33. The summed E-state index contributed by atoms with van der Waals surface area (Å²) in [5.41, 5.74) is 2.97. The fourth-order valence-corrected chi connectivity index (χ4v) is 3.74. The number of anilines is 2. The van der Waals surface area contributed by atoms with E-state index in [1.807, 2.05) is 42.5 Å². The zero-order valence-corrected chi connectivity index (χ0v) is 17.7. The van der Waals surface area contributed by atoms with Gasteiger partial charge in [0.25, 0.3) is 5.91 Å². The Hall–Kier alpha value is -2.20. The first-order valence-electron chi connectivity index (χ1n) is 9.91. The molecule has 1 fully saturated rings. The number of ether oxygens (including phenoxy) is 1. The van der Waals surface area contributed by atoms with E-state index in [0.29, 0.717) is 10.8 Å². The Bertz CT molecular complexity index is 806. The average molecular weight is 401 g/mol. The van der Waals surface area contributed by atoms with Crippen LogP contribution in [0.3, 0.4) is 0 Å². The van der Waals surface area contributed by atoms with Gasteiger partial charge in [-0.05, 0) is 54.5 Å². The molecule has 150 valence electrons. The minimum Gasteiger partial charge on any atom is -0.484 e. The molecule has 3 rings (SSSR count). The first-order chi connectivity index (χ1) is 13.3. The van der Waals surface area contributed by atoms with Crippen LogP contribution in [0.1, 0.15) is 45.6 Å². The van der Waals surface area contributed by atoms with Crippen molar-refractivity contribution in [1.82, 2.24) is 0 Å². The monoisotopic (exact) mass is 400 g/mol. The Balaban J connectivity index is 1.63. The molecule has 0 atom stereocenters. The molecule has 28 heavy (non-hydrogen) atoms. The van der Waals surface area contributed by atoms with Gasteiger partial charge in [0.1, 0.15) is 5.75 Å². The van der Waals surface area contributed by atoms with E-state index < -0.39 is 0 Å². The summed E-state index contributed by atoms with van der Waals surface area (Å²) in [6.07, 6.45) is 3.53. The Morgan fingerprint density at radius 1 is 1.07 bits per heavy atom. The van der Waals surface area contributed by atoms with E-state index in [0.717, 1.165) is 37.3 Å². The number of hydrogen-bond donors (Lipinski definition) is 1. The second-order valence-corrected chi connectivity index (χ2v) is 8.70. The number of nitrogens with one attached hydrogen (secondary N) is 1. The maximum Gasteiger partial charge on any atom is 0.262 e. The van der Waals surface area contributed by atoms with Crippen molar-refractivity contribution in [2.75, 3.05) is 29.9 Å². The van der Waals surface area contributed by atoms with Crippen LogP contribution < -0.4 is 15.0 Å².